The highest BCUT2D eigenvalue weighted by Gasteiger charge is 2.24. The zero-order chi connectivity index (χ0) is 12.8. The number of ether oxygens (including phenoxy) is 2. The predicted octanol–water partition coefficient (Wildman–Crippen LogP) is 3.09. The van der Waals surface area contributed by atoms with Crippen LogP contribution in [-0.2, 0) is 19.2 Å². The lowest BCUT2D eigenvalue weighted by Gasteiger charge is -2.11. The van der Waals surface area contributed by atoms with Gasteiger partial charge in [-0.25, -0.2) is 0 Å². The molecule has 2 aliphatic rings. The summed E-state index contributed by atoms with van der Waals surface area (Å²) in [5, 5.41) is 0. The highest BCUT2D eigenvalue weighted by molar-refractivity contribution is 5.63. The second-order valence-corrected chi connectivity index (χ2v) is 4.72. The minimum atomic E-state index is -0.981. The van der Waals surface area contributed by atoms with Crippen molar-refractivity contribution in [2.45, 2.75) is 63.6 Å². The fourth-order valence-electron chi connectivity index (χ4n) is 2.39. The van der Waals surface area contributed by atoms with E-state index in [0.717, 1.165) is 51.4 Å². The maximum absolute atomic E-state index is 11.2. The van der Waals surface area contributed by atoms with Crippen LogP contribution < -0.4 is 0 Å². The Labute approximate surface area is 105 Å². The van der Waals surface area contributed by atoms with Gasteiger partial charge >= 0.3 is 12.3 Å². The minimum absolute atomic E-state index is 0.119. The second kappa shape index (κ2) is 6.47. The fourth-order valence-corrected chi connectivity index (χ4v) is 2.39. The van der Waals surface area contributed by atoms with E-state index in [-0.39, 0.29) is 12.2 Å². The standard InChI is InChI=1S/C12H18O6/c13-11(15-9-5-1-2-6-9)17-18-12(14)16-10-7-3-4-8-10/h9-10H,1-8H2. The molecule has 2 fully saturated rings. The van der Waals surface area contributed by atoms with Gasteiger partial charge < -0.3 is 9.47 Å². The van der Waals surface area contributed by atoms with Gasteiger partial charge in [-0.1, -0.05) is 0 Å². The van der Waals surface area contributed by atoms with E-state index in [9.17, 15) is 9.59 Å². The third kappa shape index (κ3) is 4.09. The monoisotopic (exact) mass is 258 g/mol. The molecule has 102 valence electrons. The molecule has 0 radical (unpaired) electrons. The Kier molecular flexibility index (Phi) is 4.66. The number of hydrogen-bond donors (Lipinski definition) is 0. The first kappa shape index (κ1) is 13.0. The van der Waals surface area contributed by atoms with Crippen LogP contribution in [0.25, 0.3) is 0 Å². The summed E-state index contributed by atoms with van der Waals surface area (Å²) in [5.74, 6) is 0. The molecule has 2 rings (SSSR count). The molecule has 0 aliphatic heterocycles. The van der Waals surface area contributed by atoms with Gasteiger partial charge in [-0.05, 0) is 51.4 Å². The Balaban J connectivity index is 1.57. The summed E-state index contributed by atoms with van der Waals surface area (Å²) >= 11 is 0. The second-order valence-electron chi connectivity index (χ2n) is 4.72. The molecule has 6 nitrogen and oxygen atoms in total. The highest BCUT2D eigenvalue weighted by Crippen LogP contribution is 2.22. The van der Waals surface area contributed by atoms with E-state index in [0.29, 0.717) is 0 Å². The first-order chi connectivity index (χ1) is 8.74. The van der Waals surface area contributed by atoms with Gasteiger partial charge in [0.15, 0.2) is 0 Å². The first-order valence-corrected chi connectivity index (χ1v) is 6.50. The maximum atomic E-state index is 11.2. The molecule has 0 spiro atoms. The van der Waals surface area contributed by atoms with Crippen molar-refractivity contribution >= 4 is 12.3 Å². The van der Waals surface area contributed by atoms with Crippen molar-refractivity contribution in [2.75, 3.05) is 0 Å². The summed E-state index contributed by atoms with van der Waals surface area (Å²) in [5.41, 5.74) is 0. The number of hydrogen-bond acceptors (Lipinski definition) is 6. The van der Waals surface area contributed by atoms with Gasteiger partial charge in [0.1, 0.15) is 12.2 Å². The van der Waals surface area contributed by atoms with E-state index in [4.69, 9.17) is 9.47 Å². The van der Waals surface area contributed by atoms with Crippen LogP contribution in [0, 0.1) is 0 Å². The quantitative estimate of drug-likeness (QED) is 0.430. The molecule has 0 aromatic carbocycles. The van der Waals surface area contributed by atoms with Crippen molar-refractivity contribution in [3.05, 3.63) is 0 Å². The fraction of sp³-hybridized carbons (Fsp3) is 0.833. The Morgan fingerprint density at radius 1 is 0.667 bits per heavy atom. The molecular formula is C12H18O6. The summed E-state index contributed by atoms with van der Waals surface area (Å²) < 4.78 is 9.88. The average molecular weight is 258 g/mol. The molecule has 2 aliphatic carbocycles. The van der Waals surface area contributed by atoms with Gasteiger partial charge in [-0.3, -0.25) is 0 Å². The Morgan fingerprint density at radius 3 is 1.33 bits per heavy atom. The van der Waals surface area contributed by atoms with Crippen LogP contribution in [0.4, 0.5) is 9.59 Å². The Hall–Kier alpha value is -1.46. The molecule has 0 N–H and O–H groups in total. The third-order valence-electron chi connectivity index (χ3n) is 3.31. The lowest BCUT2D eigenvalue weighted by Crippen LogP contribution is -2.20. The van der Waals surface area contributed by atoms with Crippen LogP contribution in [0.3, 0.4) is 0 Å². The normalized spacial score (nSPS) is 20.7. The summed E-state index contributed by atoms with van der Waals surface area (Å²) in [6, 6.07) is 0. The van der Waals surface area contributed by atoms with Gasteiger partial charge in [0, 0.05) is 0 Å². The summed E-state index contributed by atoms with van der Waals surface area (Å²) in [7, 11) is 0. The van der Waals surface area contributed by atoms with Crippen molar-refractivity contribution < 1.29 is 28.8 Å². The molecule has 0 saturated heterocycles. The highest BCUT2D eigenvalue weighted by atomic mass is 17.3. The van der Waals surface area contributed by atoms with E-state index in [1.165, 1.54) is 0 Å². The van der Waals surface area contributed by atoms with Crippen LogP contribution in [0.15, 0.2) is 0 Å². The van der Waals surface area contributed by atoms with Crippen LogP contribution in [0.5, 0.6) is 0 Å². The van der Waals surface area contributed by atoms with Gasteiger partial charge in [0.2, 0.25) is 0 Å². The van der Waals surface area contributed by atoms with E-state index in [1.54, 1.807) is 0 Å². The molecule has 18 heavy (non-hydrogen) atoms. The molecule has 0 bridgehead atoms. The molecule has 0 heterocycles. The lowest BCUT2D eigenvalue weighted by atomic mass is 10.3. The molecule has 6 heteroatoms. The average Bonchev–Trinajstić information content (AvgIpc) is 2.99. The Morgan fingerprint density at radius 2 is 1.00 bits per heavy atom. The third-order valence-corrected chi connectivity index (χ3v) is 3.31. The van der Waals surface area contributed by atoms with Gasteiger partial charge in [0.25, 0.3) is 0 Å². The molecule has 0 atom stereocenters. The smallest absolute Gasteiger partial charge is 0.428 e. The Bertz CT molecular complexity index is 261. The van der Waals surface area contributed by atoms with Crippen molar-refractivity contribution in [2.24, 2.45) is 0 Å². The summed E-state index contributed by atoms with van der Waals surface area (Å²) in [6.45, 7) is 0. The van der Waals surface area contributed by atoms with Crippen molar-refractivity contribution in [1.82, 2.24) is 0 Å². The van der Waals surface area contributed by atoms with Crippen LogP contribution in [-0.4, -0.2) is 24.5 Å². The molecule has 0 aromatic heterocycles. The maximum Gasteiger partial charge on any atom is 0.550 e. The van der Waals surface area contributed by atoms with E-state index in [2.05, 4.69) is 9.78 Å². The predicted molar refractivity (Wildman–Crippen MR) is 59.6 cm³/mol. The number of carbonyl (C=O) groups excluding carboxylic acids is 2. The van der Waals surface area contributed by atoms with Gasteiger partial charge in [0.05, 0.1) is 0 Å². The van der Waals surface area contributed by atoms with E-state index < -0.39 is 12.3 Å². The largest absolute Gasteiger partial charge is 0.550 e. The van der Waals surface area contributed by atoms with Crippen LogP contribution in [0.1, 0.15) is 51.4 Å². The van der Waals surface area contributed by atoms with Crippen molar-refractivity contribution in [3.63, 3.8) is 0 Å². The minimum Gasteiger partial charge on any atom is -0.428 e. The topological polar surface area (TPSA) is 71.1 Å². The number of rotatable bonds is 2. The molecule has 2 saturated carbocycles. The molecular weight excluding hydrogens is 240 g/mol. The number of carbonyl (C=O) groups is 2. The summed E-state index contributed by atoms with van der Waals surface area (Å²) in [4.78, 5) is 30.8. The molecule has 0 unspecified atom stereocenters. The van der Waals surface area contributed by atoms with Crippen molar-refractivity contribution in [3.8, 4) is 0 Å². The SMILES string of the molecule is O=C(OOC(=O)OC1CCCC1)OC1CCCC1. The molecule has 0 amide bonds. The van der Waals surface area contributed by atoms with Crippen LogP contribution in [0.2, 0.25) is 0 Å². The van der Waals surface area contributed by atoms with Gasteiger partial charge in [-0.15, -0.1) is 0 Å². The summed E-state index contributed by atoms with van der Waals surface area (Å²) in [6.07, 6.45) is 5.32. The van der Waals surface area contributed by atoms with Crippen LogP contribution >= 0.6 is 0 Å². The van der Waals surface area contributed by atoms with Crippen molar-refractivity contribution in [1.29, 1.82) is 0 Å². The van der Waals surface area contributed by atoms with E-state index >= 15 is 0 Å². The molecule has 0 aromatic rings. The zero-order valence-corrected chi connectivity index (χ0v) is 10.3. The van der Waals surface area contributed by atoms with E-state index in [1.807, 2.05) is 0 Å². The zero-order valence-electron chi connectivity index (χ0n) is 10.3. The lowest BCUT2D eigenvalue weighted by molar-refractivity contribution is -0.224. The first-order valence-electron chi connectivity index (χ1n) is 6.50. The van der Waals surface area contributed by atoms with Gasteiger partial charge in [-0.2, -0.15) is 19.4 Å².